The minimum atomic E-state index is -1.22. The molecule has 5 nitrogen and oxygen atoms in total. The summed E-state index contributed by atoms with van der Waals surface area (Å²) in [7, 11) is 0. The number of carboxylic acids is 1. The van der Waals surface area contributed by atoms with Crippen LogP contribution in [-0.2, 0) is 0 Å². The molecule has 0 saturated carbocycles. The molecule has 1 aromatic carbocycles. The van der Waals surface area contributed by atoms with Crippen LogP contribution in [0, 0.1) is 5.82 Å². The molecule has 0 aliphatic carbocycles. The van der Waals surface area contributed by atoms with Crippen molar-refractivity contribution in [2.75, 3.05) is 0 Å². The number of aromatic nitrogens is 3. The molecule has 0 unspecified atom stereocenters. The highest BCUT2D eigenvalue weighted by Crippen LogP contribution is 2.35. The van der Waals surface area contributed by atoms with Gasteiger partial charge in [-0.05, 0) is 6.07 Å². The fraction of sp³-hybridized carbons (Fsp3) is 0. The molecule has 0 saturated heterocycles. The zero-order valence-corrected chi connectivity index (χ0v) is 11.7. The second-order valence-electron chi connectivity index (χ2n) is 4.15. The molecule has 0 aliphatic heterocycles. The molecule has 1 N–H and O–H groups in total. The second kappa shape index (κ2) is 4.98. The first kappa shape index (κ1) is 13.8. The van der Waals surface area contributed by atoms with Gasteiger partial charge in [0.05, 0.1) is 5.56 Å². The van der Waals surface area contributed by atoms with Crippen LogP contribution in [0.4, 0.5) is 4.39 Å². The van der Waals surface area contributed by atoms with E-state index >= 15 is 0 Å². The van der Waals surface area contributed by atoms with Crippen molar-refractivity contribution in [2.45, 2.75) is 0 Å². The quantitative estimate of drug-likeness (QED) is 0.732. The third-order valence-corrected chi connectivity index (χ3v) is 3.49. The minimum absolute atomic E-state index is 0.0115. The summed E-state index contributed by atoms with van der Waals surface area (Å²) >= 11 is 12.2. The molecule has 3 aromatic rings. The Morgan fingerprint density at radius 3 is 2.67 bits per heavy atom. The summed E-state index contributed by atoms with van der Waals surface area (Å²) in [6.45, 7) is 0. The Labute approximate surface area is 127 Å². The predicted octanol–water partition coefficient (Wildman–Crippen LogP) is 3.54. The SMILES string of the molecule is O=C(O)c1cc2nc(Cl)c(-c3ccccc3F)c(Cl)n2n1. The van der Waals surface area contributed by atoms with Gasteiger partial charge in [-0.1, -0.05) is 41.4 Å². The monoisotopic (exact) mass is 325 g/mol. The average Bonchev–Trinajstić information content (AvgIpc) is 2.85. The van der Waals surface area contributed by atoms with Crippen molar-refractivity contribution in [2.24, 2.45) is 0 Å². The first-order chi connectivity index (χ1) is 9.99. The van der Waals surface area contributed by atoms with Crippen LogP contribution in [-0.4, -0.2) is 25.7 Å². The summed E-state index contributed by atoms with van der Waals surface area (Å²) in [5.74, 6) is -1.74. The van der Waals surface area contributed by atoms with Crippen LogP contribution >= 0.6 is 23.2 Å². The maximum absolute atomic E-state index is 13.9. The molecule has 21 heavy (non-hydrogen) atoms. The molecule has 0 aliphatic rings. The van der Waals surface area contributed by atoms with Crippen LogP contribution < -0.4 is 0 Å². The Balaban J connectivity index is 2.34. The number of carbonyl (C=O) groups is 1. The van der Waals surface area contributed by atoms with Gasteiger partial charge in [-0.15, -0.1) is 0 Å². The number of nitrogens with zero attached hydrogens (tertiary/aromatic N) is 3. The molecule has 8 heteroatoms. The van der Waals surface area contributed by atoms with E-state index in [4.69, 9.17) is 28.3 Å². The zero-order chi connectivity index (χ0) is 15.1. The molecule has 0 amide bonds. The van der Waals surface area contributed by atoms with Gasteiger partial charge in [0.25, 0.3) is 0 Å². The number of carboxylic acid groups (broad SMARTS) is 1. The van der Waals surface area contributed by atoms with Gasteiger partial charge in [0, 0.05) is 11.6 Å². The van der Waals surface area contributed by atoms with Gasteiger partial charge in [-0.3, -0.25) is 0 Å². The summed E-state index contributed by atoms with van der Waals surface area (Å²) in [6.07, 6.45) is 0. The third kappa shape index (κ3) is 2.22. The number of halogens is 3. The summed E-state index contributed by atoms with van der Waals surface area (Å²) in [5.41, 5.74) is 0.256. The molecule has 106 valence electrons. The highest BCUT2D eigenvalue weighted by atomic mass is 35.5. The average molecular weight is 326 g/mol. The lowest BCUT2D eigenvalue weighted by Gasteiger charge is -2.08. The predicted molar refractivity (Wildman–Crippen MR) is 75.4 cm³/mol. The van der Waals surface area contributed by atoms with E-state index in [0.29, 0.717) is 0 Å². The van der Waals surface area contributed by atoms with E-state index in [0.717, 1.165) is 4.52 Å². The molecule has 3 rings (SSSR count). The van der Waals surface area contributed by atoms with Gasteiger partial charge in [-0.25, -0.2) is 18.7 Å². The van der Waals surface area contributed by atoms with Crippen molar-refractivity contribution in [1.82, 2.24) is 14.6 Å². The highest BCUT2D eigenvalue weighted by molar-refractivity contribution is 6.38. The first-order valence-electron chi connectivity index (χ1n) is 5.72. The number of benzene rings is 1. The number of rotatable bonds is 2. The molecule has 0 fully saturated rings. The molecule has 0 bridgehead atoms. The lowest BCUT2D eigenvalue weighted by atomic mass is 10.1. The maximum Gasteiger partial charge on any atom is 0.356 e. The zero-order valence-electron chi connectivity index (χ0n) is 10.2. The number of fused-ring (bicyclic) bond motifs is 1. The van der Waals surface area contributed by atoms with Crippen LogP contribution in [0.25, 0.3) is 16.8 Å². The van der Waals surface area contributed by atoms with E-state index in [2.05, 4.69) is 10.1 Å². The normalized spacial score (nSPS) is 11.0. The Morgan fingerprint density at radius 2 is 2.00 bits per heavy atom. The van der Waals surface area contributed by atoms with Crippen molar-refractivity contribution in [3.8, 4) is 11.1 Å². The highest BCUT2D eigenvalue weighted by Gasteiger charge is 2.20. The maximum atomic E-state index is 13.9. The van der Waals surface area contributed by atoms with E-state index in [1.54, 1.807) is 6.07 Å². The van der Waals surface area contributed by atoms with Crippen molar-refractivity contribution in [1.29, 1.82) is 0 Å². The molecular weight excluding hydrogens is 320 g/mol. The smallest absolute Gasteiger partial charge is 0.356 e. The van der Waals surface area contributed by atoms with Crippen LogP contribution in [0.2, 0.25) is 10.3 Å². The molecular formula is C13H6Cl2FN3O2. The molecule has 2 heterocycles. The third-order valence-electron chi connectivity index (χ3n) is 2.86. The van der Waals surface area contributed by atoms with Gasteiger partial charge in [-0.2, -0.15) is 5.10 Å². The number of hydrogen-bond acceptors (Lipinski definition) is 3. The minimum Gasteiger partial charge on any atom is -0.476 e. The summed E-state index contributed by atoms with van der Waals surface area (Å²) in [5, 5.41) is 12.7. The van der Waals surface area contributed by atoms with Crippen LogP contribution in [0.3, 0.4) is 0 Å². The first-order valence-corrected chi connectivity index (χ1v) is 6.47. The van der Waals surface area contributed by atoms with Crippen molar-refractivity contribution in [3.63, 3.8) is 0 Å². The van der Waals surface area contributed by atoms with Crippen LogP contribution in [0.15, 0.2) is 30.3 Å². The standard InChI is InChI=1S/C13H6Cl2FN3O2/c14-11-10(6-3-1-2-4-7(6)16)12(15)19-9(17-11)5-8(18-19)13(20)21/h1-5H,(H,20,21). The van der Waals surface area contributed by atoms with Crippen molar-refractivity contribution < 1.29 is 14.3 Å². The number of aromatic carboxylic acids is 1. The summed E-state index contributed by atoms with van der Waals surface area (Å²) < 4.78 is 15.0. The second-order valence-corrected chi connectivity index (χ2v) is 4.87. The van der Waals surface area contributed by atoms with Crippen molar-refractivity contribution in [3.05, 3.63) is 52.1 Å². The Bertz CT molecular complexity index is 879. The summed E-state index contributed by atoms with van der Waals surface area (Å²) in [6, 6.07) is 7.14. The van der Waals surface area contributed by atoms with Gasteiger partial charge in [0.2, 0.25) is 0 Å². The molecule has 0 spiro atoms. The largest absolute Gasteiger partial charge is 0.476 e. The fourth-order valence-corrected chi connectivity index (χ4v) is 2.58. The van der Waals surface area contributed by atoms with E-state index in [1.165, 1.54) is 24.3 Å². The molecule has 2 aromatic heterocycles. The fourth-order valence-electron chi connectivity index (χ4n) is 1.93. The van der Waals surface area contributed by atoms with Gasteiger partial charge < -0.3 is 5.11 Å². The van der Waals surface area contributed by atoms with Crippen LogP contribution in [0.1, 0.15) is 10.5 Å². The Hall–Kier alpha value is -2.18. The Morgan fingerprint density at radius 1 is 1.29 bits per heavy atom. The molecule has 0 radical (unpaired) electrons. The van der Waals surface area contributed by atoms with Gasteiger partial charge >= 0.3 is 5.97 Å². The van der Waals surface area contributed by atoms with E-state index in [9.17, 15) is 9.18 Å². The van der Waals surface area contributed by atoms with Gasteiger partial charge in [0.15, 0.2) is 11.3 Å². The van der Waals surface area contributed by atoms with E-state index < -0.39 is 11.8 Å². The van der Waals surface area contributed by atoms with E-state index in [1.807, 2.05) is 0 Å². The Kier molecular flexibility index (Phi) is 3.27. The number of hydrogen-bond donors (Lipinski definition) is 1. The van der Waals surface area contributed by atoms with Crippen LogP contribution in [0.5, 0.6) is 0 Å². The topological polar surface area (TPSA) is 67.5 Å². The van der Waals surface area contributed by atoms with E-state index in [-0.39, 0.29) is 32.8 Å². The summed E-state index contributed by atoms with van der Waals surface area (Å²) in [4.78, 5) is 14.9. The lowest BCUT2D eigenvalue weighted by Crippen LogP contribution is -2.00. The van der Waals surface area contributed by atoms with Crippen molar-refractivity contribution >= 4 is 34.8 Å². The lowest BCUT2D eigenvalue weighted by molar-refractivity contribution is 0.0690. The van der Waals surface area contributed by atoms with Gasteiger partial charge in [0.1, 0.15) is 16.1 Å². The molecule has 0 atom stereocenters.